The molecule has 0 aromatic heterocycles. The summed E-state index contributed by atoms with van der Waals surface area (Å²) in [4.78, 5) is 61.0. The molecule has 22 N–H and O–H groups in total. The Labute approximate surface area is 318 Å². The number of hydrogen-bond donors (Lipinski definition) is 15. The summed E-state index contributed by atoms with van der Waals surface area (Å²) in [5.74, 6) is -5.41. The van der Waals surface area contributed by atoms with Gasteiger partial charge in [-0.15, -0.1) is 0 Å². The summed E-state index contributed by atoms with van der Waals surface area (Å²) >= 11 is 0. The molecule has 0 saturated carbocycles. The van der Waals surface area contributed by atoms with E-state index in [4.69, 9.17) is 70.5 Å². The number of carboxylic acids is 5. The number of carboxylic acid groups (broad SMARTS) is 5. The van der Waals surface area contributed by atoms with Crippen molar-refractivity contribution < 1.29 is 59.4 Å². The predicted molar refractivity (Wildman–Crippen MR) is 202 cm³/mol. The molecule has 0 fully saturated rings. The summed E-state index contributed by atoms with van der Waals surface area (Å²) in [5.41, 5.74) is 37.4. The Balaban J connectivity index is -0.000000620. The normalized spacial score (nSPS) is 12.6. The van der Waals surface area contributed by atoms with Gasteiger partial charge in [0.1, 0.15) is 36.0 Å². The van der Waals surface area contributed by atoms with Gasteiger partial charge in [-0.05, 0) is 61.3 Å². The molecule has 0 saturated heterocycles. The molecule has 310 valence electrons. The van der Waals surface area contributed by atoms with Gasteiger partial charge in [-0.3, -0.25) is 34.2 Å². The van der Waals surface area contributed by atoms with Crippen LogP contribution in [0, 0.1) is 11.3 Å². The van der Waals surface area contributed by atoms with Crippen molar-refractivity contribution in [2.24, 2.45) is 46.1 Å². The van der Waals surface area contributed by atoms with Gasteiger partial charge >= 0.3 is 29.8 Å². The fourth-order valence-electron chi connectivity index (χ4n) is 3.51. The lowest BCUT2D eigenvalue weighted by Crippen LogP contribution is -2.34. The van der Waals surface area contributed by atoms with Gasteiger partial charge < -0.3 is 76.1 Å². The minimum atomic E-state index is -1.21. The Morgan fingerprint density at radius 2 is 1.02 bits per heavy atom. The number of carbonyl (C=O) groups excluding carboxylic acids is 1. The van der Waals surface area contributed by atoms with E-state index in [-0.39, 0.29) is 24.6 Å². The van der Waals surface area contributed by atoms with Gasteiger partial charge in [0.2, 0.25) is 5.91 Å². The first-order valence-electron chi connectivity index (χ1n) is 16.5. The van der Waals surface area contributed by atoms with E-state index in [0.29, 0.717) is 38.1 Å². The third-order valence-corrected chi connectivity index (χ3v) is 6.43. The highest BCUT2D eigenvalue weighted by Gasteiger charge is 2.14. The van der Waals surface area contributed by atoms with Gasteiger partial charge in [0.05, 0.1) is 6.42 Å². The number of aliphatic carboxylic acids is 5. The number of benzene rings is 2. The highest BCUT2D eigenvalue weighted by atomic mass is 16.4. The maximum Gasteiger partial charge on any atom is 0.321 e. The number of amides is 1. The van der Waals surface area contributed by atoms with Crippen LogP contribution in [-0.4, -0.2) is 109 Å². The van der Waals surface area contributed by atoms with Crippen molar-refractivity contribution in [1.29, 1.82) is 5.41 Å². The van der Waals surface area contributed by atoms with Gasteiger partial charge in [0.25, 0.3) is 0 Å². The first-order chi connectivity index (χ1) is 25.4. The average molecular weight is 784 g/mol. The number of nitrogens with two attached hydrogens (primary N) is 7. The van der Waals surface area contributed by atoms with E-state index < -0.39 is 66.0 Å². The molecule has 0 bridgehead atoms. The van der Waals surface area contributed by atoms with E-state index in [1.807, 2.05) is 44.2 Å². The quantitative estimate of drug-likeness (QED) is 0.0486. The van der Waals surface area contributed by atoms with Crippen molar-refractivity contribution in [2.75, 3.05) is 6.54 Å². The molecule has 0 spiro atoms. The second-order valence-electron chi connectivity index (χ2n) is 12.1. The van der Waals surface area contributed by atoms with Crippen molar-refractivity contribution in [3.63, 3.8) is 0 Å². The molecule has 2 aromatic carbocycles. The lowest BCUT2D eigenvalue weighted by atomic mass is 10.1. The topological polar surface area (TPSA) is 442 Å². The maximum atomic E-state index is 10.4. The Kier molecular flexibility index (Phi) is 29.7. The van der Waals surface area contributed by atoms with Crippen LogP contribution in [0.2, 0.25) is 0 Å². The Hall–Kier alpha value is -5.87. The van der Waals surface area contributed by atoms with Gasteiger partial charge in [-0.25, -0.2) is 0 Å². The smallest absolute Gasteiger partial charge is 0.321 e. The summed E-state index contributed by atoms with van der Waals surface area (Å²) in [6.07, 6.45) is 1.87. The largest absolute Gasteiger partial charge is 0.508 e. The number of carbonyl (C=O) groups is 6. The highest BCUT2D eigenvalue weighted by Crippen LogP contribution is 2.10. The Bertz CT molecular complexity index is 1450. The molecular formula is C34H57N9O12. The van der Waals surface area contributed by atoms with Crippen LogP contribution < -0.4 is 45.5 Å². The van der Waals surface area contributed by atoms with E-state index >= 15 is 0 Å². The van der Waals surface area contributed by atoms with Crippen molar-refractivity contribution in [3.05, 3.63) is 65.7 Å². The first kappa shape index (κ1) is 53.5. The third-order valence-electron chi connectivity index (χ3n) is 6.43. The standard InChI is InChI=1S/C9H11NO3.C9H11NO2.C6H14N4O2.C6H13NO2.C4H8N2O3/c10-8(9(12)13)5-6-1-3-7(11)4-2-6;10-8(9(11)12)6-7-4-2-1-3-5-7;7-4(5(11)12)2-1-3-10-6(8)9;1-4(2)3-5(7)6(8)9;5-2(4(8)9)1-3(6)7/h1-4,8,11H,5,10H2,(H,12,13);1-5,8H,6,10H2,(H,11,12);4H,1-3,7H2,(H,11,12)(H4,8,9,10);4-5H,3,7H2,1-2H3,(H,8,9);2H,1,5H2,(H2,6,7)(H,8,9)/t2*8-;4-;5-;2-/m00000/s1. The molecule has 2 rings (SSSR count). The number of guanidine groups is 1. The van der Waals surface area contributed by atoms with Crippen molar-refractivity contribution in [1.82, 2.24) is 5.32 Å². The molecule has 21 nitrogen and oxygen atoms in total. The first-order valence-corrected chi connectivity index (χ1v) is 16.5. The maximum absolute atomic E-state index is 10.4. The molecule has 0 heterocycles. The zero-order valence-electron chi connectivity index (χ0n) is 30.8. The minimum Gasteiger partial charge on any atom is -0.508 e. The molecule has 55 heavy (non-hydrogen) atoms. The molecule has 0 unspecified atom stereocenters. The SMILES string of the molecule is CC(C)C[C@H](N)C(=O)O.N=C(N)NCCC[C@H](N)C(=O)O.NC(=O)C[C@H](N)C(=O)O.N[C@@H](Cc1ccc(O)cc1)C(=O)O.N[C@@H](Cc1ccccc1)C(=O)O. The molecule has 1 amide bonds. The van der Waals surface area contributed by atoms with Crippen LogP contribution in [0.25, 0.3) is 0 Å². The van der Waals surface area contributed by atoms with Gasteiger partial charge in [-0.2, -0.15) is 0 Å². The predicted octanol–water partition coefficient (Wildman–Crippen LogP) is -1.63. The van der Waals surface area contributed by atoms with Crippen LogP contribution in [0.5, 0.6) is 5.75 Å². The molecular weight excluding hydrogens is 726 g/mol. The minimum absolute atomic E-state index is 0.112. The summed E-state index contributed by atoms with van der Waals surface area (Å²) in [6.45, 7) is 4.38. The lowest BCUT2D eigenvalue weighted by molar-refractivity contribution is -0.140. The number of rotatable bonds is 17. The molecule has 0 radical (unpaired) electrons. The van der Waals surface area contributed by atoms with Crippen molar-refractivity contribution in [2.45, 2.75) is 82.6 Å². The van der Waals surface area contributed by atoms with Gasteiger partial charge in [0.15, 0.2) is 5.96 Å². The second kappa shape index (κ2) is 30.6. The molecule has 0 aliphatic rings. The number of phenols is 1. The van der Waals surface area contributed by atoms with Crippen LogP contribution in [0.1, 0.15) is 50.7 Å². The van der Waals surface area contributed by atoms with Crippen molar-refractivity contribution in [3.8, 4) is 5.75 Å². The van der Waals surface area contributed by atoms with E-state index in [1.165, 1.54) is 12.1 Å². The Morgan fingerprint density at radius 3 is 1.33 bits per heavy atom. The fraction of sp³-hybridized carbons (Fsp3) is 0.441. The third kappa shape index (κ3) is 33.7. The van der Waals surface area contributed by atoms with E-state index in [9.17, 15) is 28.8 Å². The molecule has 2 aromatic rings. The van der Waals surface area contributed by atoms with Crippen LogP contribution >= 0.6 is 0 Å². The number of aromatic hydroxyl groups is 1. The summed E-state index contributed by atoms with van der Waals surface area (Å²) in [6, 6.07) is 11.3. The number of primary amides is 1. The van der Waals surface area contributed by atoms with Gasteiger partial charge in [0, 0.05) is 6.54 Å². The molecule has 0 aliphatic carbocycles. The molecule has 0 aliphatic heterocycles. The summed E-state index contributed by atoms with van der Waals surface area (Å²) < 4.78 is 0. The van der Waals surface area contributed by atoms with Gasteiger partial charge in [-0.1, -0.05) is 56.3 Å². The zero-order valence-corrected chi connectivity index (χ0v) is 30.8. The molecule has 21 heteroatoms. The van der Waals surface area contributed by atoms with Crippen LogP contribution in [-0.2, 0) is 41.6 Å². The van der Waals surface area contributed by atoms with Crippen LogP contribution in [0.15, 0.2) is 54.6 Å². The Morgan fingerprint density at radius 1 is 0.618 bits per heavy atom. The van der Waals surface area contributed by atoms with Crippen molar-refractivity contribution >= 4 is 41.7 Å². The van der Waals surface area contributed by atoms with E-state index in [1.54, 1.807) is 12.1 Å². The van der Waals surface area contributed by atoms with E-state index in [0.717, 1.165) is 11.1 Å². The lowest BCUT2D eigenvalue weighted by Gasteiger charge is -2.07. The summed E-state index contributed by atoms with van der Waals surface area (Å²) in [7, 11) is 0. The fourth-order valence-corrected chi connectivity index (χ4v) is 3.51. The van der Waals surface area contributed by atoms with Crippen LogP contribution in [0.3, 0.4) is 0 Å². The number of nitrogens with one attached hydrogen (secondary N) is 2. The van der Waals surface area contributed by atoms with Crippen LogP contribution in [0.4, 0.5) is 0 Å². The second-order valence-corrected chi connectivity index (χ2v) is 12.1. The molecule has 5 atom stereocenters. The number of phenolic OH excluding ortho intramolecular Hbond substituents is 1. The monoisotopic (exact) mass is 783 g/mol. The highest BCUT2D eigenvalue weighted by molar-refractivity contribution is 5.83. The average Bonchev–Trinajstić information content (AvgIpc) is 3.08. The van der Waals surface area contributed by atoms with E-state index in [2.05, 4.69) is 11.1 Å². The summed E-state index contributed by atoms with van der Waals surface area (Å²) in [5, 5.41) is 60.1. The zero-order chi connectivity index (χ0) is 43.3. The number of hydrogen-bond acceptors (Lipinski definition) is 13.